The molecule has 10 heteroatoms. The number of aliphatic hydroxyl groups is 1. The predicted molar refractivity (Wildman–Crippen MR) is 144 cm³/mol. The van der Waals surface area contributed by atoms with E-state index in [9.17, 15) is 19.5 Å². The van der Waals surface area contributed by atoms with Gasteiger partial charge >= 0.3 is 0 Å². The van der Waals surface area contributed by atoms with Gasteiger partial charge in [0.05, 0.1) is 30.4 Å². The van der Waals surface area contributed by atoms with Crippen molar-refractivity contribution in [3.8, 4) is 5.75 Å². The summed E-state index contributed by atoms with van der Waals surface area (Å²) in [5, 5.41) is 19.4. The number of hydrogen-bond donors (Lipinski definition) is 4. The number of hydrogen-bond acceptors (Lipinski definition) is 7. The van der Waals surface area contributed by atoms with E-state index in [1.54, 1.807) is 18.2 Å². The molecule has 0 saturated carbocycles. The number of benzene rings is 2. The van der Waals surface area contributed by atoms with Gasteiger partial charge in [-0.3, -0.25) is 19.3 Å². The Morgan fingerprint density at radius 1 is 1.10 bits per heavy atom. The van der Waals surface area contributed by atoms with Gasteiger partial charge in [0.25, 0.3) is 5.91 Å². The molecule has 2 saturated heterocycles. The number of anilines is 1. The van der Waals surface area contributed by atoms with Crippen molar-refractivity contribution in [2.45, 2.75) is 69.5 Å². The van der Waals surface area contributed by atoms with Gasteiger partial charge in [0.15, 0.2) is 0 Å². The predicted octanol–water partition coefficient (Wildman–Crippen LogP) is 1.83. The van der Waals surface area contributed by atoms with Crippen LogP contribution in [-0.2, 0) is 20.9 Å². The molecule has 208 valence electrons. The van der Waals surface area contributed by atoms with Crippen molar-refractivity contribution in [3.63, 3.8) is 0 Å². The van der Waals surface area contributed by atoms with Crippen LogP contribution in [0.25, 0.3) is 0 Å². The number of aliphatic hydroxyl groups excluding tert-OH is 1. The van der Waals surface area contributed by atoms with Gasteiger partial charge in [-0.1, -0.05) is 24.3 Å². The molecule has 3 aliphatic rings. The van der Waals surface area contributed by atoms with E-state index in [-0.39, 0.29) is 36.4 Å². The number of carbonyl (C=O) groups excluding carboxylic acids is 3. The lowest BCUT2D eigenvalue weighted by Gasteiger charge is -2.34. The molecular weight excluding hydrogens is 500 g/mol. The number of likely N-dealkylation sites (tertiary alicyclic amines) is 1. The largest absolute Gasteiger partial charge is 0.493 e. The van der Waals surface area contributed by atoms with E-state index >= 15 is 0 Å². The molecule has 0 aliphatic carbocycles. The maximum atomic E-state index is 13.4. The summed E-state index contributed by atoms with van der Waals surface area (Å²) in [5.74, 6) is -0.0212. The summed E-state index contributed by atoms with van der Waals surface area (Å²) < 4.78 is 12.1. The molecule has 2 aromatic rings. The Morgan fingerprint density at radius 3 is 2.69 bits per heavy atom. The van der Waals surface area contributed by atoms with Crippen LogP contribution >= 0.6 is 0 Å². The van der Waals surface area contributed by atoms with Crippen LogP contribution < -0.4 is 20.7 Å². The molecule has 3 amide bonds. The second kappa shape index (κ2) is 12.1. The highest BCUT2D eigenvalue weighted by molar-refractivity contribution is 5.97. The highest BCUT2D eigenvalue weighted by Gasteiger charge is 2.39. The molecule has 0 aromatic heterocycles. The van der Waals surface area contributed by atoms with E-state index in [2.05, 4.69) is 20.9 Å². The first-order valence-corrected chi connectivity index (χ1v) is 13.6. The Bertz CT molecular complexity index is 1190. The summed E-state index contributed by atoms with van der Waals surface area (Å²) in [4.78, 5) is 40.1. The Morgan fingerprint density at radius 2 is 1.90 bits per heavy atom. The highest BCUT2D eigenvalue weighted by Crippen LogP contribution is 2.26. The number of nitrogens with one attached hydrogen (secondary N) is 3. The number of para-hydroxylation sites is 1. The monoisotopic (exact) mass is 536 g/mol. The minimum atomic E-state index is -0.643. The lowest BCUT2D eigenvalue weighted by atomic mass is 9.99. The third-order valence-electron chi connectivity index (χ3n) is 7.59. The van der Waals surface area contributed by atoms with Crippen LogP contribution in [0.2, 0.25) is 0 Å². The number of ether oxygens (including phenoxy) is 2. The van der Waals surface area contributed by atoms with Gasteiger partial charge in [0.1, 0.15) is 11.9 Å². The quantitative estimate of drug-likeness (QED) is 0.471. The molecule has 4 N–H and O–H groups in total. The Hall–Kier alpha value is -3.47. The molecule has 3 heterocycles. The summed E-state index contributed by atoms with van der Waals surface area (Å²) in [6.07, 6.45) is 1.13. The second-order valence-corrected chi connectivity index (χ2v) is 10.5. The summed E-state index contributed by atoms with van der Waals surface area (Å²) in [5.41, 5.74) is 2.14. The van der Waals surface area contributed by atoms with Crippen LogP contribution in [0.15, 0.2) is 48.5 Å². The Kier molecular flexibility index (Phi) is 8.44. The average Bonchev–Trinajstić information content (AvgIpc) is 3.31. The molecule has 5 atom stereocenters. The second-order valence-electron chi connectivity index (χ2n) is 10.5. The van der Waals surface area contributed by atoms with Crippen LogP contribution in [0.3, 0.4) is 0 Å². The normalized spacial score (nSPS) is 28.0. The zero-order valence-electron chi connectivity index (χ0n) is 22.1. The molecule has 4 bridgehead atoms. The third-order valence-corrected chi connectivity index (χ3v) is 7.59. The molecule has 10 nitrogen and oxygen atoms in total. The number of carbonyl (C=O) groups is 3. The van der Waals surface area contributed by atoms with Gasteiger partial charge in [-0.15, -0.1) is 0 Å². The molecule has 2 aromatic carbocycles. The molecule has 0 spiro atoms. The highest BCUT2D eigenvalue weighted by atomic mass is 16.5. The first-order valence-electron chi connectivity index (χ1n) is 13.6. The van der Waals surface area contributed by atoms with Gasteiger partial charge in [-0.25, -0.2) is 0 Å². The number of amides is 3. The summed E-state index contributed by atoms with van der Waals surface area (Å²) in [6.45, 7) is 3.04. The van der Waals surface area contributed by atoms with E-state index in [1.165, 1.54) is 6.92 Å². The Labute approximate surface area is 228 Å². The van der Waals surface area contributed by atoms with E-state index in [0.29, 0.717) is 62.4 Å². The smallest absolute Gasteiger partial charge is 0.255 e. The van der Waals surface area contributed by atoms with Crippen molar-refractivity contribution >= 4 is 23.4 Å². The molecule has 5 rings (SSSR count). The van der Waals surface area contributed by atoms with Crippen molar-refractivity contribution in [2.24, 2.45) is 0 Å². The molecule has 3 aliphatic heterocycles. The fraction of sp³-hybridized carbons (Fsp3) is 0.483. The minimum Gasteiger partial charge on any atom is -0.493 e. The first-order chi connectivity index (χ1) is 18.9. The van der Waals surface area contributed by atoms with Crippen LogP contribution in [0.4, 0.5) is 5.69 Å². The van der Waals surface area contributed by atoms with E-state index < -0.39 is 18.2 Å². The maximum Gasteiger partial charge on any atom is 0.255 e. The zero-order valence-corrected chi connectivity index (χ0v) is 22.1. The number of rotatable bonds is 3. The lowest BCUT2D eigenvalue weighted by molar-refractivity contribution is -0.133. The fourth-order valence-corrected chi connectivity index (χ4v) is 5.59. The van der Waals surface area contributed by atoms with E-state index in [1.807, 2.05) is 30.3 Å². The molecule has 0 unspecified atom stereocenters. The summed E-state index contributed by atoms with van der Waals surface area (Å²) in [7, 11) is 0. The summed E-state index contributed by atoms with van der Waals surface area (Å²) >= 11 is 0. The topological polar surface area (TPSA) is 129 Å². The Balaban J connectivity index is 1.37. The van der Waals surface area contributed by atoms with Crippen molar-refractivity contribution in [2.75, 3.05) is 25.0 Å². The molecule has 0 radical (unpaired) electrons. The van der Waals surface area contributed by atoms with Crippen LogP contribution in [-0.4, -0.2) is 77.8 Å². The van der Waals surface area contributed by atoms with Crippen molar-refractivity contribution in [1.29, 1.82) is 0 Å². The average molecular weight is 537 g/mol. The number of nitrogens with zero attached hydrogens (tertiary/aromatic N) is 1. The summed E-state index contributed by atoms with van der Waals surface area (Å²) in [6, 6.07) is 14.0. The van der Waals surface area contributed by atoms with Crippen molar-refractivity contribution < 1.29 is 29.0 Å². The minimum absolute atomic E-state index is 0.1000. The third kappa shape index (κ3) is 6.76. The molecule has 39 heavy (non-hydrogen) atoms. The lowest BCUT2D eigenvalue weighted by Crippen LogP contribution is -2.50. The SMILES string of the molecule is CC(=O)Nc1ccc(CN2C[C@@H]3C[C@H]2C(=O)NC[C@H]2O[C@H](CCOc4ccccc4C(=O)N3)CC[C@@H]2O)cc1. The van der Waals surface area contributed by atoms with Crippen LogP contribution in [0, 0.1) is 0 Å². The van der Waals surface area contributed by atoms with Gasteiger partial charge in [-0.2, -0.15) is 0 Å². The first kappa shape index (κ1) is 27.1. The van der Waals surface area contributed by atoms with Crippen molar-refractivity contribution in [3.05, 3.63) is 59.7 Å². The van der Waals surface area contributed by atoms with Gasteiger partial charge in [0.2, 0.25) is 11.8 Å². The standard InChI is InChI=1S/C29H36N4O6/c1-18(34)31-20-8-6-19(7-9-20)16-33-17-21-14-24(33)29(37)30-15-27-25(35)11-10-22(39-27)12-13-38-26-5-3-2-4-23(26)28(36)32-21/h2-9,21-22,24-25,27,35H,10-17H2,1H3,(H,30,37)(H,31,34)(H,32,36)/t21-,22-,24-,25-,27+/m0/s1. The maximum absolute atomic E-state index is 13.4. The molecular formula is C29H36N4O6. The van der Waals surface area contributed by atoms with Crippen molar-refractivity contribution in [1.82, 2.24) is 15.5 Å². The molecule has 2 fully saturated rings. The zero-order chi connectivity index (χ0) is 27.4. The van der Waals surface area contributed by atoms with Gasteiger partial charge in [0, 0.05) is 44.7 Å². The van der Waals surface area contributed by atoms with Gasteiger partial charge < -0.3 is 30.5 Å². The van der Waals surface area contributed by atoms with E-state index in [0.717, 1.165) is 5.56 Å². The van der Waals surface area contributed by atoms with E-state index in [4.69, 9.17) is 9.47 Å². The fourth-order valence-electron chi connectivity index (χ4n) is 5.59. The van der Waals surface area contributed by atoms with Gasteiger partial charge in [-0.05, 0) is 49.1 Å². The number of fused-ring (bicyclic) bond motifs is 5. The van der Waals surface area contributed by atoms with Crippen LogP contribution in [0.5, 0.6) is 5.75 Å². The van der Waals surface area contributed by atoms with Crippen LogP contribution in [0.1, 0.15) is 48.5 Å².